The van der Waals surface area contributed by atoms with Crippen LogP contribution >= 0.6 is 15.9 Å². The van der Waals surface area contributed by atoms with Gasteiger partial charge in [-0.05, 0) is 43.7 Å². The molecular formula is C17H16BrNO2. The van der Waals surface area contributed by atoms with Crippen LogP contribution in [-0.2, 0) is 5.60 Å². The number of carbonyl (C=O) groups excluding carboxylic acids is 1. The Kier molecular flexibility index (Phi) is 3.59. The van der Waals surface area contributed by atoms with Gasteiger partial charge in [0.2, 0.25) is 0 Å². The molecule has 2 aromatic carbocycles. The number of fused-ring (bicyclic) bond motifs is 1. The highest BCUT2D eigenvalue weighted by Crippen LogP contribution is 2.38. The second-order valence-electron chi connectivity index (χ2n) is 5.50. The maximum absolute atomic E-state index is 12.7. The number of para-hydroxylation sites is 1. The molecule has 1 N–H and O–H groups in total. The summed E-state index contributed by atoms with van der Waals surface area (Å²) in [6, 6.07) is 14.9. The van der Waals surface area contributed by atoms with E-state index in [9.17, 15) is 9.90 Å². The molecular weight excluding hydrogens is 330 g/mol. The minimum atomic E-state index is -0.882. The minimum absolute atomic E-state index is 0.0366. The fourth-order valence-electron chi connectivity index (χ4n) is 2.71. The predicted octanol–water partition coefficient (Wildman–Crippen LogP) is 3.71. The third-order valence-electron chi connectivity index (χ3n) is 3.93. The Bertz CT molecular complexity index is 679. The third kappa shape index (κ3) is 2.61. The molecule has 0 aromatic heterocycles. The summed E-state index contributed by atoms with van der Waals surface area (Å²) in [6.45, 7) is 2.31. The molecule has 0 fully saturated rings. The molecule has 1 aliphatic rings. The van der Waals surface area contributed by atoms with Crippen molar-refractivity contribution in [3.63, 3.8) is 0 Å². The Hall–Kier alpha value is -1.65. The molecule has 1 aliphatic heterocycles. The van der Waals surface area contributed by atoms with Gasteiger partial charge in [-0.15, -0.1) is 0 Å². The summed E-state index contributed by atoms with van der Waals surface area (Å²) in [5.74, 6) is -0.0366. The maximum atomic E-state index is 12.7. The van der Waals surface area contributed by atoms with E-state index >= 15 is 0 Å². The van der Waals surface area contributed by atoms with Crippen molar-refractivity contribution < 1.29 is 9.90 Å². The molecule has 3 rings (SSSR count). The topological polar surface area (TPSA) is 40.5 Å². The number of anilines is 1. The third-order valence-corrected chi connectivity index (χ3v) is 4.46. The number of amides is 1. The molecule has 1 heterocycles. The van der Waals surface area contributed by atoms with Gasteiger partial charge in [-0.1, -0.05) is 34.1 Å². The number of rotatable bonds is 1. The first-order valence-electron chi connectivity index (χ1n) is 6.88. The summed E-state index contributed by atoms with van der Waals surface area (Å²) >= 11 is 3.37. The quantitative estimate of drug-likeness (QED) is 0.855. The van der Waals surface area contributed by atoms with Crippen LogP contribution in [0.25, 0.3) is 0 Å². The van der Waals surface area contributed by atoms with E-state index < -0.39 is 5.60 Å². The van der Waals surface area contributed by atoms with Crippen LogP contribution in [0.2, 0.25) is 0 Å². The largest absolute Gasteiger partial charge is 0.385 e. The van der Waals surface area contributed by atoms with Gasteiger partial charge in [0.25, 0.3) is 5.91 Å². The summed E-state index contributed by atoms with van der Waals surface area (Å²) in [5, 5.41) is 10.5. The molecule has 1 unspecified atom stereocenters. The molecule has 2 aromatic rings. The van der Waals surface area contributed by atoms with Gasteiger partial charge < -0.3 is 10.0 Å². The van der Waals surface area contributed by atoms with Crippen molar-refractivity contribution in [1.82, 2.24) is 0 Å². The van der Waals surface area contributed by atoms with Crippen LogP contribution in [-0.4, -0.2) is 17.6 Å². The number of nitrogens with zero attached hydrogens (tertiary/aromatic N) is 1. The molecule has 0 aliphatic carbocycles. The Balaban J connectivity index is 2.00. The SMILES string of the molecule is CC1(O)CCN(C(=O)c2ccc(Br)cc2)c2ccccc21. The standard InChI is InChI=1S/C17H16BrNO2/c1-17(21)10-11-19(15-5-3-2-4-14(15)17)16(20)12-6-8-13(18)9-7-12/h2-9,21H,10-11H2,1H3. The molecule has 108 valence electrons. The highest BCUT2D eigenvalue weighted by Gasteiger charge is 2.35. The predicted molar refractivity (Wildman–Crippen MR) is 86.4 cm³/mol. The van der Waals surface area contributed by atoms with E-state index in [-0.39, 0.29) is 5.91 Å². The van der Waals surface area contributed by atoms with E-state index in [1.54, 1.807) is 11.8 Å². The molecule has 21 heavy (non-hydrogen) atoms. The van der Waals surface area contributed by atoms with Gasteiger partial charge in [0, 0.05) is 22.1 Å². The first-order chi connectivity index (χ1) is 9.99. The summed E-state index contributed by atoms with van der Waals surface area (Å²) in [6.07, 6.45) is 0.534. The van der Waals surface area contributed by atoms with Gasteiger partial charge in [0.05, 0.1) is 11.3 Å². The van der Waals surface area contributed by atoms with E-state index in [0.29, 0.717) is 18.5 Å². The number of aliphatic hydroxyl groups is 1. The smallest absolute Gasteiger partial charge is 0.258 e. The molecule has 0 saturated carbocycles. The van der Waals surface area contributed by atoms with Gasteiger partial charge >= 0.3 is 0 Å². The Labute approximate surface area is 132 Å². The summed E-state index contributed by atoms with van der Waals surface area (Å²) in [4.78, 5) is 14.5. The van der Waals surface area contributed by atoms with Crippen LogP contribution in [0.5, 0.6) is 0 Å². The van der Waals surface area contributed by atoms with Crippen LogP contribution in [0, 0.1) is 0 Å². The normalized spacial score (nSPS) is 21.0. The number of halogens is 1. The van der Waals surface area contributed by atoms with E-state index in [4.69, 9.17) is 0 Å². The summed E-state index contributed by atoms with van der Waals surface area (Å²) < 4.78 is 0.945. The van der Waals surface area contributed by atoms with E-state index in [1.807, 2.05) is 48.5 Å². The first kappa shape index (κ1) is 14.3. The monoisotopic (exact) mass is 345 g/mol. The van der Waals surface area contributed by atoms with Gasteiger partial charge in [0.15, 0.2) is 0 Å². The lowest BCUT2D eigenvalue weighted by molar-refractivity contribution is 0.0450. The van der Waals surface area contributed by atoms with Crippen molar-refractivity contribution in [3.05, 3.63) is 64.1 Å². The second-order valence-corrected chi connectivity index (χ2v) is 6.42. The number of hydrogen-bond acceptors (Lipinski definition) is 2. The minimum Gasteiger partial charge on any atom is -0.385 e. The average molecular weight is 346 g/mol. The number of hydrogen-bond donors (Lipinski definition) is 1. The number of carbonyl (C=O) groups is 1. The van der Waals surface area contributed by atoms with Crippen molar-refractivity contribution in [1.29, 1.82) is 0 Å². The molecule has 4 heteroatoms. The molecule has 0 saturated heterocycles. The molecule has 0 radical (unpaired) electrons. The van der Waals surface area contributed by atoms with Crippen molar-refractivity contribution in [2.75, 3.05) is 11.4 Å². The van der Waals surface area contributed by atoms with Crippen molar-refractivity contribution in [2.45, 2.75) is 18.9 Å². The maximum Gasteiger partial charge on any atom is 0.258 e. The zero-order chi connectivity index (χ0) is 15.0. The van der Waals surface area contributed by atoms with Gasteiger partial charge in [-0.25, -0.2) is 0 Å². The zero-order valence-electron chi connectivity index (χ0n) is 11.7. The van der Waals surface area contributed by atoms with Gasteiger partial charge in [0.1, 0.15) is 0 Å². The lowest BCUT2D eigenvalue weighted by Gasteiger charge is -2.38. The highest BCUT2D eigenvalue weighted by molar-refractivity contribution is 9.10. The number of benzene rings is 2. The van der Waals surface area contributed by atoms with Gasteiger partial charge in [-0.2, -0.15) is 0 Å². The average Bonchev–Trinajstić information content (AvgIpc) is 2.48. The first-order valence-corrected chi connectivity index (χ1v) is 7.68. The molecule has 0 spiro atoms. The van der Waals surface area contributed by atoms with Crippen LogP contribution in [0.3, 0.4) is 0 Å². The summed E-state index contributed by atoms with van der Waals surface area (Å²) in [7, 11) is 0. The van der Waals surface area contributed by atoms with Crippen LogP contribution in [0.4, 0.5) is 5.69 Å². The molecule has 0 bridgehead atoms. The Morgan fingerprint density at radius 3 is 2.57 bits per heavy atom. The van der Waals surface area contributed by atoms with Crippen LogP contribution in [0.15, 0.2) is 53.0 Å². The molecule has 1 atom stereocenters. The Morgan fingerprint density at radius 1 is 1.19 bits per heavy atom. The molecule has 3 nitrogen and oxygen atoms in total. The van der Waals surface area contributed by atoms with E-state index in [2.05, 4.69) is 15.9 Å². The highest BCUT2D eigenvalue weighted by atomic mass is 79.9. The fraction of sp³-hybridized carbons (Fsp3) is 0.235. The fourth-order valence-corrected chi connectivity index (χ4v) is 2.97. The lowest BCUT2D eigenvalue weighted by Crippen LogP contribution is -2.42. The van der Waals surface area contributed by atoms with E-state index in [0.717, 1.165) is 15.7 Å². The second kappa shape index (κ2) is 5.28. The van der Waals surface area contributed by atoms with Crippen molar-refractivity contribution >= 4 is 27.5 Å². The zero-order valence-corrected chi connectivity index (χ0v) is 13.3. The van der Waals surface area contributed by atoms with Crippen molar-refractivity contribution in [2.24, 2.45) is 0 Å². The Morgan fingerprint density at radius 2 is 1.86 bits per heavy atom. The van der Waals surface area contributed by atoms with Crippen LogP contribution in [0.1, 0.15) is 29.3 Å². The van der Waals surface area contributed by atoms with Crippen molar-refractivity contribution in [3.8, 4) is 0 Å². The van der Waals surface area contributed by atoms with E-state index in [1.165, 1.54) is 0 Å². The summed E-state index contributed by atoms with van der Waals surface area (Å²) in [5.41, 5.74) is 1.37. The molecule has 1 amide bonds. The lowest BCUT2D eigenvalue weighted by atomic mass is 9.87. The van der Waals surface area contributed by atoms with Gasteiger partial charge in [-0.3, -0.25) is 4.79 Å². The van der Waals surface area contributed by atoms with Crippen LogP contribution < -0.4 is 4.90 Å².